The molecule has 0 aliphatic rings. The van der Waals surface area contributed by atoms with Crippen LogP contribution >= 0.6 is 27.5 Å². The van der Waals surface area contributed by atoms with Crippen molar-refractivity contribution >= 4 is 51.2 Å². The molecule has 0 saturated carbocycles. The van der Waals surface area contributed by atoms with Gasteiger partial charge in [0.1, 0.15) is 6.61 Å². The maximum atomic E-state index is 12.8. The molecule has 0 bridgehead atoms. The maximum Gasteiger partial charge on any atom is 0.416 e. The highest BCUT2D eigenvalue weighted by Gasteiger charge is 2.30. The van der Waals surface area contributed by atoms with Crippen LogP contribution in [0.4, 0.5) is 18.9 Å². The number of anilines is 1. The van der Waals surface area contributed by atoms with Gasteiger partial charge in [0.2, 0.25) is 0 Å². The minimum atomic E-state index is -4.59. The minimum absolute atomic E-state index is 0.185. The molecule has 2 N–H and O–H groups in total. The van der Waals surface area contributed by atoms with Crippen LogP contribution in [0.3, 0.4) is 0 Å². The molecule has 36 heavy (non-hydrogen) atoms. The van der Waals surface area contributed by atoms with Crippen LogP contribution in [-0.2, 0) is 22.4 Å². The predicted octanol–water partition coefficient (Wildman–Crippen LogP) is 5.80. The van der Waals surface area contributed by atoms with Crippen LogP contribution in [0.15, 0.2) is 70.2 Å². The van der Waals surface area contributed by atoms with Gasteiger partial charge in [0, 0.05) is 16.3 Å². The largest absolute Gasteiger partial charge is 0.493 e. The summed E-state index contributed by atoms with van der Waals surface area (Å²) in [5.74, 6) is -1.58. The van der Waals surface area contributed by atoms with Crippen molar-refractivity contribution in [3.05, 3.63) is 86.8 Å². The highest BCUT2D eigenvalue weighted by molar-refractivity contribution is 9.10. The summed E-state index contributed by atoms with van der Waals surface area (Å²) in [5.41, 5.74) is 2.14. The molecule has 0 spiro atoms. The zero-order valence-corrected chi connectivity index (χ0v) is 20.9. The van der Waals surface area contributed by atoms with Gasteiger partial charge in [-0.25, -0.2) is 5.43 Å². The molecule has 12 heteroatoms. The number of halogens is 5. The second kappa shape index (κ2) is 11.9. The highest BCUT2D eigenvalue weighted by Crippen LogP contribution is 2.37. The molecule has 0 unspecified atom stereocenters. The number of alkyl halides is 3. The third-order valence-corrected chi connectivity index (χ3v) is 5.57. The smallest absolute Gasteiger partial charge is 0.416 e. The van der Waals surface area contributed by atoms with E-state index in [1.807, 2.05) is 23.6 Å². The van der Waals surface area contributed by atoms with E-state index in [0.717, 1.165) is 17.7 Å². The molecule has 0 fully saturated rings. The van der Waals surface area contributed by atoms with Crippen molar-refractivity contribution in [3.8, 4) is 11.5 Å². The first-order chi connectivity index (χ1) is 17.1. The quantitative estimate of drug-likeness (QED) is 0.209. The Morgan fingerprint density at radius 2 is 1.83 bits per heavy atom. The van der Waals surface area contributed by atoms with E-state index >= 15 is 0 Å². The molecule has 0 aromatic heterocycles. The molecule has 0 aliphatic heterocycles. The Kier molecular flexibility index (Phi) is 8.94. The molecule has 0 heterocycles. The number of carbonyl (C=O) groups is 2. The summed E-state index contributed by atoms with van der Waals surface area (Å²) in [4.78, 5) is 24.0. The Bertz CT molecular complexity index is 1300. The summed E-state index contributed by atoms with van der Waals surface area (Å²) in [6, 6.07) is 14.4. The van der Waals surface area contributed by atoms with E-state index in [-0.39, 0.29) is 12.3 Å². The lowest BCUT2D eigenvalue weighted by atomic mass is 10.2. The van der Waals surface area contributed by atoms with Crippen LogP contribution in [0, 0.1) is 0 Å². The number of ether oxygens (including phenoxy) is 2. The first-order valence-corrected chi connectivity index (χ1v) is 11.3. The van der Waals surface area contributed by atoms with Crippen molar-refractivity contribution in [2.75, 3.05) is 12.4 Å². The average Bonchev–Trinajstić information content (AvgIpc) is 2.83. The van der Waals surface area contributed by atoms with E-state index < -0.39 is 23.6 Å². The first kappa shape index (κ1) is 27.0. The van der Waals surface area contributed by atoms with E-state index in [2.05, 4.69) is 26.3 Å². The second-order valence-corrected chi connectivity index (χ2v) is 8.41. The molecule has 0 saturated heterocycles. The van der Waals surface area contributed by atoms with Gasteiger partial charge in [0.25, 0.3) is 0 Å². The van der Waals surface area contributed by atoms with Gasteiger partial charge in [0.05, 0.1) is 23.4 Å². The zero-order valence-electron chi connectivity index (χ0n) is 18.5. The number of methoxy groups -OCH3 is 1. The van der Waals surface area contributed by atoms with E-state index in [9.17, 15) is 22.8 Å². The number of nitrogens with one attached hydrogen (secondary N) is 2. The lowest BCUT2D eigenvalue weighted by Gasteiger charge is -2.14. The number of hydrazone groups is 1. The van der Waals surface area contributed by atoms with Gasteiger partial charge in [-0.05, 0) is 57.9 Å². The van der Waals surface area contributed by atoms with Crippen LogP contribution < -0.4 is 20.2 Å². The summed E-state index contributed by atoms with van der Waals surface area (Å²) in [6.45, 7) is 0.194. The summed E-state index contributed by atoms with van der Waals surface area (Å²) >= 11 is 9.56. The first-order valence-electron chi connectivity index (χ1n) is 10.1. The van der Waals surface area contributed by atoms with Gasteiger partial charge in [-0.15, -0.1) is 0 Å². The molecular formula is C24H18BrClF3N3O4. The van der Waals surface area contributed by atoms with Crippen molar-refractivity contribution in [2.45, 2.75) is 12.8 Å². The topological polar surface area (TPSA) is 89.0 Å². The minimum Gasteiger partial charge on any atom is -0.493 e. The Morgan fingerprint density at radius 3 is 2.53 bits per heavy atom. The molecule has 7 nitrogen and oxygen atoms in total. The van der Waals surface area contributed by atoms with Gasteiger partial charge in [-0.2, -0.15) is 18.3 Å². The number of benzene rings is 3. The Labute approximate surface area is 217 Å². The average molecular weight is 585 g/mol. The second-order valence-electron chi connectivity index (χ2n) is 7.15. The fourth-order valence-electron chi connectivity index (χ4n) is 2.90. The van der Waals surface area contributed by atoms with Crippen LogP contribution in [0.25, 0.3) is 0 Å². The van der Waals surface area contributed by atoms with Gasteiger partial charge in [-0.1, -0.05) is 35.9 Å². The third-order valence-electron chi connectivity index (χ3n) is 4.62. The van der Waals surface area contributed by atoms with Crippen molar-refractivity contribution in [2.24, 2.45) is 5.10 Å². The Morgan fingerprint density at radius 1 is 1.08 bits per heavy atom. The molecule has 3 rings (SSSR count). The molecular weight excluding hydrogens is 567 g/mol. The Hall–Kier alpha value is -3.57. The van der Waals surface area contributed by atoms with Gasteiger partial charge in [0.15, 0.2) is 11.5 Å². The summed E-state index contributed by atoms with van der Waals surface area (Å²) < 4.78 is 50.1. The van der Waals surface area contributed by atoms with Gasteiger partial charge in [-0.3, -0.25) is 9.59 Å². The highest BCUT2D eigenvalue weighted by atomic mass is 79.9. The monoisotopic (exact) mass is 583 g/mol. The van der Waals surface area contributed by atoms with E-state index in [0.29, 0.717) is 32.6 Å². The number of rotatable bonds is 7. The van der Waals surface area contributed by atoms with Crippen molar-refractivity contribution < 1.29 is 32.2 Å². The molecule has 188 valence electrons. The fraction of sp³-hybridized carbons (Fsp3) is 0.125. The predicted molar refractivity (Wildman–Crippen MR) is 132 cm³/mol. The summed E-state index contributed by atoms with van der Waals surface area (Å²) in [7, 11) is 1.45. The standard InChI is InChI=1S/C24H18BrClF3N3O4/c1-35-20-10-14(9-18(25)21(20)36-13-15-5-2-3-8-19(15)26)12-30-32-23(34)22(33)31-17-7-4-6-16(11-17)24(27,28)29/h2-12H,13H2,1H3,(H,31,33)(H,32,34). The van der Waals surface area contributed by atoms with Crippen molar-refractivity contribution in [1.82, 2.24) is 5.43 Å². The van der Waals surface area contributed by atoms with Crippen LogP contribution in [0.2, 0.25) is 5.02 Å². The number of amides is 2. The lowest BCUT2D eigenvalue weighted by molar-refractivity contribution is -0.137. The van der Waals surface area contributed by atoms with Crippen LogP contribution in [0.1, 0.15) is 16.7 Å². The number of carbonyl (C=O) groups excluding carboxylic acids is 2. The third kappa shape index (κ3) is 7.22. The molecule has 3 aromatic rings. The zero-order chi connectivity index (χ0) is 26.3. The molecule has 0 atom stereocenters. The summed E-state index contributed by atoms with van der Waals surface area (Å²) in [5, 5.41) is 6.36. The van der Waals surface area contributed by atoms with Gasteiger partial charge >= 0.3 is 18.0 Å². The Balaban J connectivity index is 1.63. The normalized spacial score (nSPS) is 11.3. The van der Waals surface area contributed by atoms with Crippen molar-refractivity contribution in [3.63, 3.8) is 0 Å². The molecule has 3 aromatic carbocycles. The number of hydrogen-bond donors (Lipinski definition) is 2. The lowest BCUT2D eigenvalue weighted by Crippen LogP contribution is -2.32. The molecule has 0 aliphatic carbocycles. The van der Waals surface area contributed by atoms with E-state index in [1.54, 1.807) is 18.2 Å². The number of nitrogens with zero attached hydrogens (tertiary/aromatic N) is 1. The van der Waals surface area contributed by atoms with Crippen molar-refractivity contribution in [1.29, 1.82) is 0 Å². The van der Waals surface area contributed by atoms with E-state index in [4.69, 9.17) is 21.1 Å². The molecule has 2 amide bonds. The number of hydrogen-bond acceptors (Lipinski definition) is 5. The van der Waals surface area contributed by atoms with E-state index in [1.165, 1.54) is 19.4 Å². The summed E-state index contributed by atoms with van der Waals surface area (Å²) in [6.07, 6.45) is -3.33. The fourth-order valence-corrected chi connectivity index (χ4v) is 3.66. The van der Waals surface area contributed by atoms with Gasteiger partial charge < -0.3 is 14.8 Å². The van der Waals surface area contributed by atoms with Crippen LogP contribution in [-0.4, -0.2) is 25.1 Å². The maximum absolute atomic E-state index is 12.8. The van der Waals surface area contributed by atoms with Crippen LogP contribution in [0.5, 0.6) is 11.5 Å². The SMILES string of the molecule is COc1cc(C=NNC(=O)C(=O)Nc2cccc(C(F)(F)F)c2)cc(Br)c1OCc1ccccc1Cl. The molecule has 0 radical (unpaired) electrons.